The number of nitrogens with one attached hydrogen (secondary N) is 1. The van der Waals surface area contributed by atoms with Crippen LogP contribution in [0.15, 0.2) is 54.6 Å². The lowest BCUT2D eigenvalue weighted by atomic mass is 10.1. The van der Waals surface area contributed by atoms with E-state index < -0.39 is 0 Å². The molecule has 0 bridgehead atoms. The number of hydrogen-bond acceptors (Lipinski definition) is 2. The average Bonchev–Trinajstić information content (AvgIpc) is 2.76. The summed E-state index contributed by atoms with van der Waals surface area (Å²) in [5.41, 5.74) is 4.09. The third kappa shape index (κ3) is 2.58. The Balaban J connectivity index is 1.61. The van der Waals surface area contributed by atoms with Crippen LogP contribution < -0.4 is 10.2 Å². The lowest BCUT2D eigenvalue weighted by molar-refractivity contribution is 0.681. The molecule has 2 nitrogen and oxygen atoms in total. The topological polar surface area (TPSA) is 15.3 Å². The zero-order valence-corrected chi connectivity index (χ0v) is 11.3. The Morgan fingerprint density at radius 3 is 2.63 bits per heavy atom. The predicted molar refractivity (Wildman–Crippen MR) is 81.9 cm³/mol. The first-order valence-corrected chi connectivity index (χ1v) is 6.98. The van der Waals surface area contributed by atoms with E-state index in [0.29, 0.717) is 6.04 Å². The maximum Gasteiger partial charge on any atom is 0.0402 e. The highest BCUT2D eigenvalue weighted by atomic mass is 15.2. The van der Waals surface area contributed by atoms with E-state index in [1.165, 1.54) is 23.4 Å². The molecule has 0 saturated carbocycles. The SMILES string of the molecule is CC1Cc2ccccc2N1CCNc1ccccc1. The number of anilines is 2. The van der Waals surface area contributed by atoms with E-state index >= 15 is 0 Å². The highest BCUT2D eigenvalue weighted by Crippen LogP contribution is 2.31. The Morgan fingerprint density at radius 1 is 1.05 bits per heavy atom. The Labute approximate surface area is 115 Å². The first-order chi connectivity index (χ1) is 9.34. The van der Waals surface area contributed by atoms with Crippen LogP contribution in [0.25, 0.3) is 0 Å². The van der Waals surface area contributed by atoms with Gasteiger partial charge in [0.15, 0.2) is 0 Å². The zero-order chi connectivity index (χ0) is 13.1. The minimum Gasteiger partial charge on any atom is -0.383 e. The summed E-state index contributed by atoms with van der Waals surface area (Å²) in [6.45, 7) is 4.33. The molecular weight excluding hydrogens is 232 g/mol. The number of rotatable bonds is 4. The maximum atomic E-state index is 3.48. The molecule has 2 aromatic rings. The molecule has 2 heteroatoms. The zero-order valence-electron chi connectivity index (χ0n) is 11.3. The number of benzene rings is 2. The van der Waals surface area contributed by atoms with E-state index in [1.807, 2.05) is 6.07 Å². The van der Waals surface area contributed by atoms with E-state index in [4.69, 9.17) is 0 Å². The molecule has 0 saturated heterocycles. The highest BCUT2D eigenvalue weighted by Gasteiger charge is 2.24. The summed E-state index contributed by atoms with van der Waals surface area (Å²) in [5.74, 6) is 0. The van der Waals surface area contributed by atoms with Crippen LogP contribution in [0.5, 0.6) is 0 Å². The molecule has 1 heterocycles. The lowest BCUT2D eigenvalue weighted by Gasteiger charge is -2.25. The molecule has 1 unspecified atom stereocenters. The second-order valence-electron chi connectivity index (χ2n) is 5.17. The van der Waals surface area contributed by atoms with Crippen molar-refractivity contribution < 1.29 is 0 Å². The third-order valence-electron chi connectivity index (χ3n) is 3.80. The standard InChI is InChI=1S/C17H20N2/c1-14-13-15-7-5-6-10-17(15)19(14)12-11-18-16-8-3-2-4-9-16/h2-10,14,18H,11-13H2,1H3. The van der Waals surface area contributed by atoms with Crippen LogP contribution in [-0.2, 0) is 6.42 Å². The van der Waals surface area contributed by atoms with Gasteiger partial charge in [0.25, 0.3) is 0 Å². The van der Waals surface area contributed by atoms with Crippen molar-refractivity contribution in [2.75, 3.05) is 23.3 Å². The van der Waals surface area contributed by atoms with Crippen molar-refractivity contribution in [1.82, 2.24) is 0 Å². The summed E-state index contributed by atoms with van der Waals surface area (Å²) < 4.78 is 0. The smallest absolute Gasteiger partial charge is 0.0402 e. The molecule has 0 aliphatic carbocycles. The van der Waals surface area contributed by atoms with Crippen LogP contribution in [0, 0.1) is 0 Å². The van der Waals surface area contributed by atoms with Crippen molar-refractivity contribution in [2.24, 2.45) is 0 Å². The fourth-order valence-corrected chi connectivity index (χ4v) is 2.85. The molecule has 0 aromatic heterocycles. The van der Waals surface area contributed by atoms with E-state index in [0.717, 1.165) is 13.1 Å². The van der Waals surface area contributed by atoms with E-state index in [2.05, 4.69) is 65.7 Å². The number of para-hydroxylation sites is 2. The molecule has 0 spiro atoms. The second-order valence-corrected chi connectivity index (χ2v) is 5.17. The van der Waals surface area contributed by atoms with Crippen LogP contribution in [-0.4, -0.2) is 19.1 Å². The Morgan fingerprint density at radius 2 is 1.79 bits per heavy atom. The molecule has 0 radical (unpaired) electrons. The van der Waals surface area contributed by atoms with E-state index in [-0.39, 0.29) is 0 Å². The van der Waals surface area contributed by atoms with Crippen LogP contribution in [0.1, 0.15) is 12.5 Å². The third-order valence-corrected chi connectivity index (χ3v) is 3.80. The molecule has 0 amide bonds. The van der Waals surface area contributed by atoms with Crippen molar-refractivity contribution >= 4 is 11.4 Å². The van der Waals surface area contributed by atoms with Gasteiger partial charge in [-0.3, -0.25) is 0 Å². The molecule has 19 heavy (non-hydrogen) atoms. The van der Waals surface area contributed by atoms with Gasteiger partial charge in [-0.05, 0) is 37.1 Å². The summed E-state index contributed by atoms with van der Waals surface area (Å²) in [5, 5.41) is 3.48. The van der Waals surface area contributed by atoms with Gasteiger partial charge in [0.2, 0.25) is 0 Å². The second kappa shape index (κ2) is 5.35. The normalized spacial score (nSPS) is 17.3. The Bertz CT molecular complexity index is 536. The molecule has 1 N–H and O–H groups in total. The summed E-state index contributed by atoms with van der Waals surface area (Å²) in [4.78, 5) is 2.51. The van der Waals surface area contributed by atoms with Gasteiger partial charge in [-0.15, -0.1) is 0 Å². The minimum absolute atomic E-state index is 0.606. The largest absolute Gasteiger partial charge is 0.383 e. The van der Waals surface area contributed by atoms with Gasteiger partial charge in [-0.1, -0.05) is 36.4 Å². The van der Waals surface area contributed by atoms with Crippen LogP contribution in [0.4, 0.5) is 11.4 Å². The molecule has 3 rings (SSSR count). The minimum atomic E-state index is 0.606. The number of nitrogens with zero attached hydrogens (tertiary/aromatic N) is 1. The summed E-state index contributed by atoms with van der Waals surface area (Å²) >= 11 is 0. The number of fused-ring (bicyclic) bond motifs is 1. The molecular formula is C17H20N2. The van der Waals surface area contributed by atoms with Gasteiger partial charge < -0.3 is 10.2 Å². The first-order valence-electron chi connectivity index (χ1n) is 6.98. The fourth-order valence-electron chi connectivity index (χ4n) is 2.85. The molecule has 1 aliphatic rings. The van der Waals surface area contributed by atoms with Crippen LogP contribution >= 0.6 is 0 Å². The van der Waals surface area contributed by atoms with E-state index in [9.17, 15) is 0 Å². The molecule has 0 fully saturated rings. The summed E-state index contributed by atoms with van der Waals surface area (Å²) in [6.07, 6.45) is 1.17. The van der Waals surface area contributed by atoms with Gasteiger partial charge in [-0.25, -0.2) is 0 Å². The van der Waals surface area contributed by atoms with Gasteiger partial charge in [0.05, 0.1) is 0 Å². The molecule has 98 valence electrons. The maximum absolute atomic E-state index is 3.48. The van der Waals surface area contributed by atoms with Gasteiger partial charge >= 0.3 is 0 Å². The molecule has 1 atom stereocenters. The first kappa shape index (κ1) is 12.1. The highest BCUT2D eigenvalue weighted by molar-refractivity contribution is 5.59. The van der Waals surface area contributed by atoms with Gasteiger partial charge in [-0.2, -0.15) is 0 Å². The monoisotopic (exact) mass is 252 g/mol. The van der Waals surface area contributed by atoms with Crippen LogP contribution in [0.3, 0.4) is 0 Å². The predicted octanol–water partition coefficient (Wildman–Crippen LogP) is 3.55. The van der Waals surface area contributed by atoms with Crippen molar-refractivity contribution in [3.8, 4) is 0 Å². The summed E-state index contributed by atoms with van der Waals surface area (Å²) in [7, 11) is 0. The van der Waals surface area contributed by atoms with Crippen molar-refractivity contribution in [1.29, 1.82) is 0 Å². The fraction of sp³-hybridized carbons (Fsp3) is 0.294. The Hall–Kier alpha value is -1.96. The van der Waals surface area contributed by atoms with Crippen molar-refractivity contribution in [3.63, 3.8) is 0 Å². The average molecular weight is 252 g/mol. The summed E-state index contributed by atoms with van der Waals surface area (Å²) in [6, 6.07) is 19.8. The molecule has 1 aliphatic heterocycles. The molecule has 2 aromatic carbocycles. The lowest BCUT2D eigenvalue weighted by Crippen LogP contribution is -2.33. The van der Waals surface area contributed by atoms with Crippen LogP contribution in [0.2, 0.25) is 0 Å². The van der Waals surface area contributed by atoms with Crippen molar-refractivity contribution in [3.05, 3.63) is 60.2 Å². The van der Waals surface area contributed by atoms with Crippen molar-refractivity contribution in [2.45, 2.75) is 19.4 Å². The Kier molecular flexibility index (Phi) is 3.41. The van der Waals surface area contributed by atoms with E-state index in [1.54, 1.807) is 0 Å². The number of hydrogen-bond donors (Lipinski definition) is 1. The quantitative estimate of drug-likeness (QED) is 0.895. The van der Waals surface area contributed by atoms with Gasteiger partial charge in [0.1, 0.15) is 0 Å². The van der Waals surface area contributed by atoms with Gasteiger partial charge in [0, 0.05) is 30.5 Å².